The molecule has 1 atom stereocenters. The summed E-state index contributed by atoms with van der Waals surface area (Å²) in [5.41, 5.74) is 2.30. The van der Waals surface area contributed by atoms with Gasteiger partial charge < -0.3 is 5.32 Å². The Morgan fingerprint density at radius 1 is 1.26 bits per heavy atom. The van der Waals surface area contributed by atoms with Crippen molar-refractivity contribution in [3.05, 3.63) is 53.0 Å². The van der Waals surface area contributed by atoms with Crippen molar-refractivity contribution in [2.45, 2.75) is 12.5 Å². The van der Waals surface area contributed by atoms with E-state index in [1.807, 2.05) is 35.0 Å². The Kier molecular flexibility index (Phi) is 4.66. The summed E-state index contributed by atoms with van der Waals surface area (Å²) in [6, 6.07) is 9.02. The lowest BCUT2D eigenvalue weighted by Gasteiger charge is -2.15. The third-order valence-corrected chi connectivity index (χ3v) is 4.64. The number of hydrogen-bond acceptors (Lipinski definition) is 8. The van der Waals surface area contributed by atoms with E-state index in [-0.39, 0.29) is 18.4 Å². The van der Waals surface area contributed by atoms with Crippen LogP contribution >= 0.6 is 11.3 Å². The average Bonchev–Trinajstić information content (AvgIpc) is 3.43. The van der Waals surface area contributed by atoms with E-state index in [4.69, 9.17) is 0 Å². The molecule has 0 radical (unpaired) electrons. The molecule has 1 aromatic carbocycles. The summed E-state index contributed by atoms with van der Waals surface area (Å²) >= 11 is 1.56. The molecular formula is C16H15N9OS. The van der Waals surface area contributed by atoms with E-state index in [2.05, 4.69) is 36.3 Å². The minimum Gasteiger partial charge on any atom is -0.325 e. The fourth-order valence-electron chi connectivity index (χ4n) is 2.70. The lowest BCUT2D eigenvalue weighted by Crippen LogP contribution is -2.21. The number of anilines is 1. The van der Waals surface area contributed by atoms with Gasteiger partial charge in [-0.15, -0.1) is 15.3 Å². The van der Waals surface area contributed by atoms with Crippen LogP contribution in [-0.2, 0) is 11.8 Å². The molecule has 136 valence electrons. The molecule has 0 saturated heterocycles. The molecule has 0 aliphatic carbocycles. The zero-order valence-electron chi connectivity index (χ0n) is 14.3. The van der Waals surface area contributed by atoms with Crippen molar-refractivity contribution in [1.29, 1.82) is 0 Å². The molecule has 11 heteroatoms. The summed E-state index contributed by atoms with van der Waals surface area (Å²) < 4.78 is 1.58. The molecule has 0 unspecified atom stereocenters. The number of aromatic nitrogens is 8. The Bertz CT molecular complexity index is 992. The number of tetrazole rings is 2. The molecule has 0 bridgehead atoms. The summed E-state index contributed by atoms with van der Waals surface area (Å²) in [5.74, 6) is 0.279. The number of benzene rings is 1. The summed E-state index contributed by atoms with van der Waals surface area (Å²) in [4.78, 5) is 14.1. The summed E-state index contributed by atoms with van der Waals surface area (Å²) in [6.07, 6.45) is 1.69. The van der Waals surface area contributed by atoms with Gasteiger partial charge in [0.2, 0.25) is 11.7 Å². The molecule has 0 aliphatic heterocycles. The van der Waals surface area contributed by atoms with E-state index in [0.717, 1.165) is 5.56 Å². The van der Waals surface area contributed by atoms with Crippen molar-refractivity contribution in [1.82, 2.24) is 40.4 Å². The SMILES string of the molecule is Cn1nnc(-c2ccccc2NC(=O)C[C@@H](c2ccsc2)n2cnnn2)n1. The van der Waals surface area contributed by atoms with Crippen molar-refractivity contribution in [2.75, 3.05) is 5.32 Å². The molecule has 1 amide bonds. The number of carbonyl (C=O) groups excluding carboxylic acids is 1. The topological polar surface area (TPSA) is 116 Å². The highest BCUT2D eigenvalue weighted by Crippen LogP contribution is 2.27. The van der Waals surface area contributed by atoms with E-state index in [1.54, 1.807) is 29.1 Å². The van der Waals surface area contributed by atoms with Crippen molar-refractivity contribution in [3.63, 3.8) is 0 Å². The number of hydrogen-bond donors (Lipinski definition) is 1. The first-order valence-electron chi connectivity index (χ1n) is 8.08. The van der Waals surface area contributed by atoms with Crippen LogP contribution in [0.2, 0.25) is 0 Å². The van der Waals surface area contributed by atoms with Gasteiger partial charge in [0.1, 0.15) is 6.33 Å². The number of rotatable bonds is 6. The Morgan fingerprint density at radius 2 is 2.15 bits per heavy atom. The molecule has 4 aromatic rings. The highest BCUT2D eigenvalue weighted by atomic mass is 32.1. The maximum Gasteiger partial charge on any atom is 0.226 e. The fourth-order valence-corrected chi connectivity index (χ4v) is 3.40. The van der Waals surface area contributed by atoms with Gasteiger partial charge in [-0.3, -0.25) is 4.79 Å². The Labute approximate surface area is 157 Å². The highest BCUT2D eigenvalue weighted by molar-refractivity contribution is 7.08. The largest absolute Gasteiger partial charge is 0.325 e. The van der Waals surface area contributed by atoms with E-state index >= 15 is 0 Å². The van der Waals surface area contributed by atoms with Gasteiger partial charge in [0.05, 0.1) is 25.2 Å². The monoisotopic (exact) mass is 381 g/mol. The maximum atomic E-state index is 12.8. The fraction of sp³-hybridized carbons (Fsp3) is 0.188. The van der Waals surface area contributed by atoms with Crippen LogP contribution in [-0.4, -0.2) is 46.3 Å². The maximum absolute atomic E-state index is 12.8. The molecule has 4 rings (SSSR count). The van der Waals surface area contributed by atoms with Crippen molar-refractivity contribution in [3.8, 4) is 11.4 Å². The number of thiophene rings is 1. The van der Waals surface area contributed by atoms with E-state index < -0.39 is 0 Å². The molecule has 0 saturated carbocycles. The van der Waals surface area contributed by atoms with Crippen molar-refractivity contribution < 1.29 is 4.79 Å². The second-order valence-electron chi connectivity index (χ2n) is 5.76. The van der Waals surface area contributed by atoms with Crippen LogP contribution in [0.1, 0.15) is 18.0 Å². The van der Waals surface area contributed by atoms with Gasteiger partial charge in [-0.1, -0.05) is 12.1 Å². The van der Waals surface area contributed by atoms with Crippen LogP contribution in [0, 0.1) is 0 Å². The molecule has 27 heavy (non-hydrogen) atoms. The number of carbonyl (C=O) groups is 1. The molecule has 0 aliphatic rings. The molecular weight excluding hydrogens is 366 g/mol. The van der Waals surface area contributed by atoms with Crippen LogP contribution in [0.3, 0.4) is 0 Å². The van der Waals surface area contributed by atoms with Crippen LogP contribution in [0.5, 0.6) is 0 Å². The summed E-state index contributed by atoms with van der Waals surface area (Å²) in [5, 5.41) is 30.3. The predicted molar refractivity (Wildman–Crippen MR) is 97.8 cm³/mol. The second-order valence-corrected chi connectivity index (χ2v) is 6.54. The van der Waals surface area contributed by atoms with Crippen LogP contribution < -0.4 is 5.32 Å². The Hall–Kier alpha value is -3.47. The Balaban J connectivity index is 1.56. The predicted octanol–water partition coefficient (Wildman–Crippen LogP) is 1.54. The lowest BCUT2D eigenvalue weighted by molar-refractivity contribution is -0.116. The molecule has 3 aromatic heterocycles. The normalized spacial score (nSPS) is 12.0. The van der Waals surface area contributed by atoms with Crippen molar-refractivity contribution in [2.24, 2.45) is 7.05 Å². The second kappa shape index (κ2) is 7.41. The lowest BCUT2D eigenvalue weighted by atomic mass is 10.1. The Morgan fingerprint density at radius 3 is 2.85 bits per heavy atom. The zero-order chi connectivity index (χ0) is 18.6. The van der Waals surface area contributed by atoms with Gasteiger partial charge in [0.15, 0.2) is 0 Å². The van der Waals surface area contributed by atoms with E-state index in [0.29, 0.717) is 17.1 Å². The van der Waals surface area contributed by atoms with E-state index in [1.165, 1.54) is 11.1 Å². The smallest absolute Gasteiger partial charge is 0.226 e. The first-order valence-corrected chi connectivity index (χ1v) is 9.03. The third kappa shape index (κ3) is 3.72. The number of para-hydroxylation sites is 1. The molecule has 10 nitrogen and oxygen atoms in total. The first kappa shape index (κ1) is 17.0. The van der Waals surface area contributed by atoms with Gasteiger partial charge in [-0.05, 0) is 50.2 Å². The summed E-state index contributed by atoms with van der Waals surface area (Å²) in [6.45, 7) is 0. The first-order chi connectivity index (χ1) is 13.2. The van der Waals surface area contributed by atoms with Crippen molar-refractivity contribution >= 4 is 22.9 Å². The number of nitrogens with zero attached hydrogens (tertiary/aromatic N) is 8. The van der Waals surface area contributed by atoms with Crippen LogP contribution in [0.15, 0.2) is 47.4 Å². The van der Waals surface area contributed by atoms with Gasteiger partial charge in [0, 0.05) is 5.56 Å². The standard InChI is InChI=1S/C16H15N9OS/c1-24-20-16(19-22-24)12-4-2-3-5-13(12)18-15(26)8-14(11-6-7-27-9-11)25-10-17-21-23-25/h2-7,9-10,14H,8H2,1H3,(H,18,26)/t14-/m0/s1. The average molecular weight is 381 g/mol. The van der Waals surface area contributed by atoms with Gasteiger partial charge in [-0.25, -0.2) is 4.68 Å². The molecule has 3 heterocycles. The zero-order valence-corrected chi connectivity index (χ0v) is 15.1. The quantitative estimate of drug-likeness (QED) is 0.538. The van der Waals surface area contributed by atoms with Gasteiger partial charge in [0.25, 0.3) is 0 Å². The number of nitrogens with one attached hydrogen (secondary N) is 1. The van der Waals surface area contributed by atoms with Crippen LogP contribution in [0.4, 0.5) is 5.69 Å². The van der Waals surface area contributed by atoms with Gasteiger partial charge in [-0.2, -0.15) is 16.1 Å². The number of amides is 1. The van der Waals surface area contributed by atoms with Crippen LogP contribution in [0.25, 0.3) is 11.4 Å². The summed E-state index contributed by atoms with van der Waals surface area (Å²) in [7, 11) is 1.69. The number of aryl methyl sites for hydroxylation is 1. The third-order valence-electron chi connectivity index (χ3n) is 3.94. The minimum atomic E-state index is -0.284. The minimum absolute atomic E-state index is 0.168. The van der Waals surface area contributed by atoms with E-state index in [9.17, 15) is 4.79 Å². The molecule has 0 spiro atoms. The molecule has 1 N–H and O–H groups in total. The highest BCUT2D eigenvalue weighted by Gasteiger charge is 2.21. The van der Waals surface area contributed by atoms with Gasteiger partial charge >= 0.3 is 0 Å². The molecule has 0 fully saturated rings.